The number of halogens is 3. The van der Waals surface area contributed by atoms with Crippen molar-refractivity contribution < 1.29 is 13.2 Å². The minimum absolute atomic E-state index is 0.447. The van der Waals surface area contributed by atoms with Crippen molar-refractivity contribution in [2.24, 2.45) is 5.92 Å². The largest absolute Gasteiger partial charge is 0.401 e. The zero-order chi connectivity index (χ0) is 13.6. The molecule has 0 aromatic carbocycles. The molecule has 108 valence electrons. The predicted molar refractivity (Wildman–Crippen MR) is 67.6 cm³/mol. The lowest BCUT2D eigenvalue weighted by Gasteiger charge is -2.29. The average Bonchev–Trinajstić information content (AvgIpc) is 2.26. The fourth-order valence-electron chi connectivity index (χ4n) is 2.65. The van der Waals surface area contributed by atoms with E-state index >= 15 is 0 Å². The maximum atomic E-state index is 12.3. The van der Waals surface area contributed by atoms with Crippen LogP contribution in [0.1, 0.15) is 39.5 Å². The highest BCUT2D eigenvalue weighted by Gasteiger charge is 2.29. The fraction of sp³-hybridized carbons (Fsp3) is 1.00. The molecule has 0 saturated heterocycles. The molecule has 0 amide bonds. The molecule has 0 spiro atoms. The second kappa shape index (κ2) is 7.34. The zero-order valence-electron chi connectivity index (χ0n) is 11.4. The highest BCUT2D eigenvalue weighted by molar-refractivity contribution is 4.76. The van der Waals surface area contributed by atoms with E-state index in [1.807, 2.05) is 0 Å². The molecule has 2 atom stereocenters. The summed E-state index contributed by atoms with van der Waals surface area (Å²) in [4.78, 5) is 1.44. The van der Waals surface area contributed by atoms with Gasteiger partial charge in [0.25, 0.3) is 0 Å². The molecule has 2 unspecified atom stereocenters. The standard InChI is InChI=1S/C13H25F3N2/c1-3-18(10-13(14,15)16)8-7-17-12-6-4-5-11(2)9-12/h11-12,17H,3-10H2,1-2H3. The zero-order valence-corrected chi connectivity index (χ0v) is 11.4. The first-order valence-electron chi connectivity index (χ1n) is 6.93. The van der Waals surface area contributed by atoms with Crippen LogP contribution in [0.4, 0.5) is 13.2 Å². The Kier molecular flexibility index (Phi) is 6.43. The van der Waals surface area contributed by atoms with Gasteiger partial charge >= 0.3 is 6.18 Å². The summed E-state index contributed by atoms with van der Waals surface area (Å²) in [5.41, 5.74) is 0. The first kappa shape index (κ1) is 15.8. The van der Waals surface area contributed by atoms with E-state index in [1.165, 1.54) is 17.7 Å². The number of alkyl halides is 3. The summed E-state index contributed by atoms with van der Waals surface area (Å²) >= 11 is 0. The van der Waals surface area contributed by atoms with E-state index < -0.39 is 12.7 Å². The van der Waals surface area contributed by atoms with Gasteiger partial charge < -0.3 is 5.32 Å². The molecule has 1 aliphatic carbocycles. The molecule has 1 N–H and O–H groups in total. The van der Waals surface area contributed by atoms with Gasteiger partial charge in [0.2, 0.25) is 0 Å². The first-order chi connectivity index (χ1) is 8.40. The van der Waals surface area contributed by atoms with Crippen LogP contribution in [0.2, 0.25) is 0 Å². The smallest absolute Gasteiger partial charge is 0.313 e. The van der Waals surface area contributed by atoms with Crippen molar-refractivity contribution in [1.82, 2.24) is 10.2 Å². The summed E-state index contributed by atoms with van der Waals surface area (Å²) < 4.78 is 36.8. The molecule has 0 heterocycles. The number of likely N-dealkylation sites (N-methyl/N-ethyl adjacent to an activating group) is 1. The van der Waals surface area contributed by atoms with Crippen molar-refractivity contribution in [3.63, 3.8) is 0 Å². The summed E-state index contributed by atoms with van der Waals surface area (Å²) in [5.74, 6) is 0.744. The van der Waals surface area contributed by atoms with Crippen molar-refractivity contribution in [3.05, 3.63) is 0 Å². The third-order valence-electron chi connectivity index (χ3n) is 3.65. The van der Waals surface area contributed by atoms with Gasteiger partial charge in [-0.05, 0) is 25.3 Å². The van der Waals surface area contributed by atoms with E-state index in [0.717, 1.165) is 18.8 Å². The van der Waals surface area contributed by atoms with Gasteiger partial charge in [0, 0.05) is 19.1 Å². The van der Waals surface area contributed by atoms with E-state index in [4.69, 9.17) is 0 Å². The van der Waals surface area contributed by atoms with Crippen molar-refractivity contribution >= 4 is 0 Å². The Labute approximate surface area is 108 Å². The second-order valence-corrected chi connectivity index (χ2v) is 5.41. The SMILES string of the molecule is CCN(CCNC1CCCC(C)C1)CC(F)(F)F. The van der Waals surface area contributed by atoms with Crippen LogP contribution in [0.25, 0.3) is 0 Å². The average molecular weight is 266 g/mol. The number of hydrogen-bond donors (Lipinski definition) is 1. The summed E-state index contributed by atoms with van der Waals surface area (Å²) in [6.45, 7) is 4.79. The Bertz CT molecular complexity index is 231. The molecular formula is C13H25F3N2. The van der Waals surface area contributed by atoms with E-state index in [9.17, 15) is 13.2 Å². The quantitative estimate of drug-likeness (QED) is 0.795. The molecular weight excluding hydrogens is 241 g/mol. The normalized spacial score (nSPS) is 25.7. The Hall–Kier alpha value is -0.290. The molecule has 0 bridgehead atoms. The van der Waals surface area contributed by atoms with Crippen molar-refractivity contribution in [1.29, 1.82) is 0 Å². The van der Waals surface area contributed by atoms with Gasteiger partial charge in [-0.15, -0.1) is 0 Å². The number of rotatable bonds is 6. The lowest BCUT2D eigenvalue weighted by molar-refractivity contribution is -0.145. The Balaban J connectivity index is 2.18. The van der Waals surface area contributed by atoms with E-state index in [0.29, 0.717) is 25.7 Å². The highest BCUT2D eigenvalue weighted by atomic mass is 19.4. The molecule has 18 heavy (non-hydrogen) atoms. The third-order valence-corrected chi connectivity index (χ3v) is 3.65. The Morgan fingerprint density at radius 2 is 2.00 bits per heavy atom. The van der Waals surface area contributed by atoms with Crippen LogP contribution >= 0.6 is 0 Å². The molecule has 2 nitrogen and oxygen atoms in total. The van der Waals surface area contributed by atoms with Crippen LogP contribution in [0.15, 0.2) is 0 Å². The lowest BCUT2D eigenvalue weighted by Crippen LogP contribution is -2.42. The molecule has 0 radical (unpaired) electrons. The van der Waals surface area contributed by atoms with Gasteiger partial charge in [0.05, 0.1) is 6.54 Å². The summed E-state index contributed by atoms with van der Waals surface area (Å²) in [6.07, 6.45) is 0.753. The summed E-state index contributed by atoms with van der Waals surface area (Å²) in [5, 5.41) is 3.39. The molecule has 5 heteroatoms. The molecule has 0 aliphatic heterocycles. The van der Waals surface area contributed by atoms with Crippen LogP contribution < -0.4 is 5.32 Å². The van der Waals surface area contributed by atoms with Crippen molar-refractivity contribution in [2.75, 3.05) is 26.2 Å². The van der Waals surface area contributed by atoms with Crippen LogP contribution in [0.3, 0.4) is 0 Å². The Morgan fingerprint density at radius 3 is 2.56 bits per heavy atom. The molecule has 1 saturated carbocycles. The fourth-order valence-corrected chi connectivity index (χ4v) is 2.65. The van der Waals surface area contributed by atoms with Crippen molar-refractivity contribution in [2.45, 2.75) is 51.7 Å². The van der Waals surface area contributed by atoms with E-state index in [2.05, 4.69) is 12.2 Å². The van der Waals surface area contributed by atoms with Crippen molar-refractivity contribution in [3.8, 4) is 0 Å². The highest BCUT2D eigenvalue weighted by Crippen LogP contribution is 2.23. The molecule has 1 fully saturated rings. The number of hydrogen-bond acceptors (Lipinski definition) is 2. The second-order valence-electron chi connectivity index (χ2n) is 5.41. The molecule has 0 aromatic rings. The summed E-state index contributed by atoms with van der Waals surface area (Å²) in [6, 6.07) is 0.498. The maximum absolute atomic E-state index is 12.3. The topological polar surface area (TPSA) is 15.3 Å². The monoisotopic (exact) mass is 266 g/mol. The van der Waals surface area contributed by atoms with Gasteiger partial charge in [-0.3, -0.25) is 4.90 Å². The number of nitrogens with one attached hydrogen (secondary N) is 1. The van der Waals surface area contributed by atoms with Gasteiger partial charge in [0.1, 0.15) is 0 Å². The molecule has 1 aliphatic rings. The maximum Gasteiger partial charge on any atom is 0.401 e. The first-order valence-corrected chi connectivity index (χ1v) is 6.93. The van der Waals surface area contributed by atoms with Crippen LogP contribution in [0.5, 0.6) is 0 Å². The minimum Gasteiger partial charge on any atom is -0.313 e. The third kappa shape index (κ3) is 6.59. The lowest BCUT2D eigenvalue weighted by atomic mass is 9.87. The Morgan fingerprint density at radius 1 is 1.28 bits per heavy atom. The predicted octanol–water partition coefficient (Wildman–Crippen LogP) is 3.04. The van der Waals surface area contributed by atoms with Gasteiger partial charge in [-0.25, -0.2) is 0 Å². The van der Waals surface area contributed by atoms with Crippen LogP contribution in [0, 0.1) is 5.92 Å². The van der Waals surface area contributed by atoms with Gasteiger partial charge in [-0.2, -0.15) is 13.2 Å². The molecule has 1 rings (SSSR count). The van der Waals surface area contributed by atoms with Crippen LogP contribution in [-0.2, 0) is 0 Å². The van der Waals surface area contributed by atoms with Gasteiger partial charge in [-0.1, -0.05) is 26.7 Å². The van der Waals surface area contributed by atoms with Crippen LogP contribution in [-0.4, -0.2) is 43.3 Å². The molecule has 0 aromatic heterocycles. The van der Waals surface area contributed by atoms with Gasteiger partial charge in [0.15, 0.2) is 0 Å². The minimum atomic E-state index is -4.09. The van der Waals surface area contributed by atoms with E-state index in [-0.39, 0.29) is 0 Å². The van der Waals surface area contributed by atoms with E-state index in [1.54, 1.807) is 6.92 Å². The number of nitrogens with zero attached hydrogens (tertiary/aromatic N) is 1. The summed E-state index contributed by atoms with van der Waals surface area (Å²) in [7, 11) is 0.